The Bertz CT molecular complexity index is 411. The minimum Gasteiger partial charge on any atom is -0.356 e. The van der Waals surface area contributed by atoms with Crippen LogP contribution in [0.15, 0.2) is 18.3 Å². The Morgan fingerprint density at radius 1 is 1.40 bits per heavy atom. The summed E-state index contributed by atoms with van der Waals surface area (Å²) in [6, 6.07) is 5.14. The quantitative estimate of drug-likeness (QED) is 0.892. The van der Waals surface area contributed by atoms with Crippen LogP contribution in [0.4, 0.5) is 5.82 Å². The van der Waals surface area contributed by atoms with Gasteiger partial charge in [0.1, 0.15) is 5.82 Å². The summed E-state index contributed by atoms with van der Waals surface area (Å²) in [6.45, 7) is 4.33. The van der Waals surface area contributed by atoms with Gasteiger partial charge in [-0.25, -0.2) is 4.98 Å². The van der Waals surface area contributed by atoms with Crippen LogP contribution in [0.5, 0.6) is 0 Å². The van der Waals surface area contributed by atoms with Crippen molar-refractivity contribution in [3.05, 3.63) is 23.9 Å². The monoisotopic (exact) mass is 276 g/mol. The van der Waals surface area contributed by atoms with Crippen LogP contribution in [0.3, 0.4) is 0 Å². The molecule has 1 aromatic rings. The van der Waals surface area contributed by atoms with Gasteiger partial charge >= 0.3 is 0 Å². The minimum atomic E-state index is 0.234. The van der Waals surface area contributed by atoms with Crippen LogP contribution in [0.2, 0.25) is 0 Å². The summed E-state index contributed by atoms with van der Waals surface area (Å²) in [5.74, 6) is 1.15. The molecular formula is C16H28N4. The molecule has 0 radical (unpaired) electrons. The van der Waals surface area contributed by atoms with E-state index in [0.717, 1.165) is 31.7 Å². The third-order valence-corrected chi connectivity index (χ3v) is 4.37. The van der Waals surface area contributed by atoms with Gasteiger partial charge in [0.05, 0.1) is 0 Å². The molecule has 4 nitrogen and oxygen atoms in total. The second-order valence-corrected chi connectivity index (χ2v) is 6.04. The van der Waals surface area contributed by atoms with Crippen LogP contribution in [0.1, 0.15) is 31.7 Å². The van der Waals surface area contributed by atoms with E-state index < -0.39 is 0 Å². The highest BCUT2D eigenvalue weighted by Crippen LogP contribution is 2.24. The van der Waals surface area contributed by atoms with E-state index >= 15 is 0 Å². The predicted octanol–water partition coefficient (Wildman–Crippen LogP) is 1.89. The van der Waals surface area contributed by atoms with Crippen molar-refractivity contribution in [2.75, 3.05) is 32.1 Å². The zero-order valence-electron chi connectivity index (χ0n) is 13.0. The fraction of sp³-hybridized carbons (Fsp3) is 0.688. The molecule has 0 amide bonds. The SMILES string of the molecule is CCC(N)Cc1cccnc1N1CCC(N(C)C)CC1. The zero-order chi connectivity index (χ0) is 14.5. The molecule has 1 aliphatic heterocycles. The predicted molar refractivity (Wildman–Crippen MR) is 85.1 cm³/mol. The van der Waals surface area contributed by atoms with Crippen LogP contribution in [-0.4, -0.2) is 49.2 Å². The summed E-state index contributed by atoms with van der Waals surface area (Å²) >= 11 is 0. The molecule has 4 heteroatoms. The van der Waals surface area contributed by atoms with Gasteiger partial charge in [0.15, 0.2) is 0 Å². The van der Waals surface area contributed by atoms with E-state index in [1.807, 2.05) is 12.3 Å². The van der Waals surface area contributed by atoms with Gasteiger partial charge in [0.2, 0.25) is 0 Å². The Hall–Kier alpha value is -1.13. The third-order valence-electron chi connectivity index (χ3n) is 4.37. The van der Waals surface area contributed by atoms with Crippen LogP contribution in [0, 0.1) is 0 Å². The highest BCUT2D eigenvalue weighted by molar-refractivity contribution is 5.47. The number of anilines is 1. The largest absolute Gasteiger partial charge is 0.356 e. The Balaban J connectivity index is 2.06. The molecule has 0 bridgehead atoms. The van der Waals surface area contributed by atoms with Crippen molar-refractivity contribution in [2.24, 2.45) is 5.73 Å². The fourth-order valence-corrected chi connectivity index (χ4v) is 2.90. The lowest BCUT2D eigenvalue weighted by Crippen LogP contribution is -2.42. The standard InChI is InChI=1S/C16H28N4/c1-4-14(17)12-13-6-5-9-18-16(13)20-10-7-15(8-11-20)19(2)3/h5-6,9,14-15H,4,7-8,10-12,17H2,1-3H3. The molecule has 1 unspecified atom stereocenters. The molecule has 2 heterocycles. The van der Waals surface area contributed by atoms with Crippen molar-refractivity contribution in [3.63, 3.8) is 0 Å². The van der Waals surface area contributed by atoms with E-state index in [2.05, 4.69) is 41.9 Å². The van der Waals surface area contributed by atoms with E-state index in [1.165, 1.54) is 18.4 Å². The Labute approximate surface area is 123 Å². The number of rotatable bonds is 5. The molecule has 112 valence electrons. The number of nitrogens with two attached hydrogens (primary N) is 1. The summed E-state index contributed by atoms with van der Waals surface area (Å²) in [6.07, 6.45) is 6.25. The van der Waals surface area contributed by atoms with Crippen molar-refractivity contribution in [1.82, 2.24) is 9.88 Å². The maximum atomic E-state index is 6.11. The van der Waals surface area contributed by atoms with Crippen molar-refractivity contribution < 1.29 is 0 Å². The van der Waals surface area contributed by atoms with Gasteiger partial charge < -0.3 is 15.5 Å². The van der Waals surface area contributed by atoms with Crippen molar-refractivity contribution in [1.29, 1.82) is 0 Å². The highest BCUT2D eigenvalue weighted by atomic mass is 15.2. The first-order valence-corrected chi connectivity index (χ1v) is 7.72. The van der Waals surface area contributed by atoms with Gasteiger partial charge in [-0.2, -0.15) is 0 Å². The van der Waals surface area contributed by atoms with Gasteiger partial charge in [0, 0.05) is 31.4 Å². The maximum Gasteiger partial charge on any atom is 0.131 e. The average molecular weight is 276 g/mol. The zero-order valence-corrected chi connectivity index (χ0v) is 13.0. The van der Waals surface area contributed by atoms with Gasteiger partial charge in [0.25, 0.3) is 0 Å². The summed E-state index contributed by atoms with van der Waals surface area (Å²) in [5, 5.41) is 0. The molecule has 2 N–H and O–H groups in total. The molecule has 2 rings (SSSR count). The molecule has 1 aliphatic rings. The van der Waals surface area contributed by atoms with Crippen molar-refractivity contribution in [3.8, 4) is 0 Å². The van der Waals surface area contributed by atoms with Gasteiger partial charge in [-0.15, -0.1) is 0 Å². The Morgan fingerprint density at radius 2 is 2.10 bits per heavy atom. The van der Waals surface area contributed by atoms with Gasteiger partial charge in [-0.1, -0.05) is 13.0 Å². The summed E-state index contributed by atoms with van der Waals surface area (Å²) in [4.78, 5) is 9.38. The summed E-state index contributed by atoms with van der Waals surface area (Å²) in [5.41, 5.74) is 7.41. The number of nitrogens with zero attached hydrogens (tertiary/aromatic N) is 3. The molecule has 0 saturated carbocycles. The lowest BCUT2D eigenvalue weighted by molar-refractivity contribution is 0.249. The number of hydrogen-bond donors (Lipinski definition) is 1. The molecular weight excluding hydrogens is 248 g/mol. The number of hydrogen-bond acceptors (Lipinski definition) is 4. The van der Waals surface area contributed by atoms with E-state index in [-0.39, 0.29) is 6.04 Å². The fourth-order valence-electron chi connectivity index (χ4n) is 2.90. The Morgan fingerprint density at radius 3 is 2.70 bits per heavy atom. The smallest absolute Gasteiger partial charge is 0.131 e. The molecule has 0 aliphatic carbocycles. The van der Waals surface area contributed by atoms with Crippen LogP contribution >= 0.6 is 0 Å². The lowest BCUT2D eigenvalue weighted by Gasteiger charge is -2.36. The first kappa shape index (κ1) is 15.3. The first-order valence-electron chi connectivity index (χ1n) is 7.72. The topological polar surface area (TPSA) is 45.4 Å². The van der Waals surface area contributed by atoms with E-state index in [1.54, 1.807) is 0 Å². The second-order valence-electron chi connectivity index (χ2n) is 6.04. The first-order chi connectivity index (χ1) is 9.61. The molecule has 0 spiro atoms. The van der Waals surface area contributed by atoms with Gasteiger partial charge in [-0.3, -0.25) is 0 Å². The van der Waals surface area contributed by atoms with E-state index in [4.69, 9.17) is 5.73 Å². The number of aromatic nitrogens is 1. The maximum absolute atomic E-state index is 6.11. The van der Waals surface area contributed by atoms with Crippen molar-refractivity contribution in [2.45, 2.75) is 44.7 Å². The third kappa shape index (κ3) is 3.70. The number of piperidine rings is 1. The molecule has 1 saturated heterocycles. The highest BCUT2D eigenvalue weighted by Gasteiger charge is 2.23. The normalized spacial score (nSPS) is 18.6. The lowest BCUT2D eigenvalue weighted by atomic mass is 10.0. The van der Waals surface area contributed by atoms with Gasteiger partial charge in [-0.05, 0) is 51.4 Å². The van der Waals surface area contributed by atoms with Crippen LogP contribution in [-0.2, 0) is 6.42 Å². The molecule has 0 aromatic carbocycles. The molecule has 1 atom stereocenters. The van der Waals surface area contributed by atoms with E-state index in [0.29, 0.717) is 6.04 Å². The Kier molecular flexibility index (Phi) is 5.38. The second kappa shape index (κ2) is 7.04. The average Bonchev–Trinajstić information content (AvgIpc) is 2.48. The summed E-state index contributed by atoms with van der Waals surface area (Å²) in [7, 11) is 4.35. The molecule has 20 heavy (non-hydrogen) atoms. The van der Waals surface area contributed by atoms with E-state index in [9.17, 15) is 0 Å². The van der Waals surface area contributed by atoms with Crippen LogP contribution < -0.4 is 10.6 Å². The number of pyridine rings is 1. The minimum absolute atomic E-state index is 0.234. The molecule has 1 fully saturated rings. The summed E-state index contributed by atoms with van der Waals surface area (Å²) < 4.78 is 0. The van der Waals surface area contributed by atoms with Crippen LogP contribution in [0.25, 0.3) is 0 Å². The molecule has 1 aromatic heterocycles. The van der Waals surface area contributed by atoms with Crippen molar-refractivity contribution >= 4 is 5.82 Å².